The van der Waals surface area contributed by atoms with Gasteiger partial charge in [-0.05, 0) is 24.6 Å². The Labute approximate surface area is 82.4 Å². The molecule has 0 aromatic rings. The van der Waals surface area contributed by atoms with Gasteiger partial charge in [-0.25, -0.2) is 13.9 Å². The maximum absolute atomic E-state index is 11.0. The van der Waals surface area contributed by atoms with Crippen LogP contribution in [-0.4, -0.2) is 36.8 Å². The first-order valence-corrected chi connectivity index (χ1v) is 6.15. The van der Waals surface area contributed by atoms with Gasteiger partial charge in [0.2, 0.25) is 0 Å². The summed E-state index contributed by atoms with van der Waals surface area (Å²) in [7, 11) is -2.82. The highest BCUT2D eigenvalue weighted by molar-refractivity contribution is 7.91. The molecule has 76 valence electrons. The highest BCUT2D eigenvalue weighted by atomic mass is 32.2. The first-order valence-electron chi connectivity index (χ1n) is 3.92. The molecule has 1 rings (SSSR count). The zero-order valence-corrected chi connectivity index (χ0v) is 8.62. The maximum atomic E-state index is 11.0. The van der Waals surface area contributed by atoms with Crippen LogP contribution in [0.25, 0.3) is 0 Å². The molecule has 0 aromatic heterocycles. The van der Waals surface area contributed by atoms with Crippen molar-refractivity contribution in [2.45, 2.75) is 6.42 Å². The third kappa shape index (κ3) is 3.45. The van der Waals surface area contributed by atoms with E-state index < -0.39 is 9.84 Å². The molecule has 1 aliphatic rings. The quantitative estimate of drug-likeness (QED) is 0.424. The third-order valence-corrected chi connectivity index (χ3v) is 4.05. The second kappa shape index (κ2) is 4.21. The van der Waals surface area contributed by atoms with E-state index in [0.717, 1.165) is 0 Å². The maximum Gasteiger partial charge on any atom is 0.190 e. The second-order valence-corrected chi connectivity index (χ2v) is 5.73. The normalized spacial score (nSPS) is 25.5. The Morgan fingerprint density at radius 3 is 2.77 bits per heavy atom. The topological polar surface area (TPSA) is 78.4 Å². The first kappa shape index (κ1) is 10.7. The Morgan fingerprint density at radius 1 is 1.62 bits per heavy atom. The lowest BCUT2D eigenvalue weighted by Gasteiger charge is -2.09. The molecule has 0 aliphatic carbocycles. The number of hydroxylamine groups is 1. The smallest absolute Gasteiger partial charge is 0.190 e. The van der Waals surface area contributed by atoms with E-state index in [1.807, 2.05) is 0 Å². The first-order chi connectivity index (χ1) is 6.03. The lowest BCUT2D eigenvalue weighted by atomic mass is 10.1. The van der Waals surface area contributed by atoms with E-state index in [1.54, 1.807) is 5.48 Å². The van der Waals surface area contributed by atoms with Crippen LogP contribution in [0, 0.1) is 5.92 Å². The van der Waals surface area contributed by atoms with Crippen molar-refractivity contribution in [2.75, 3.05) is 18.1 Å². The zero-order valence-electron chi connectivity index (χ0n) is 6.99. The molecule has 1 aliphatic heterocycles. The van der Waals surface area contributed by atoms with E-state index >= 15 is 0 Å². The van der Waals surface area contributed by atoms with Gasteiger partial charge in [-0.2, -0.15) is 0 Å². The van der Waals surface area contributed by atoms with Crippen molar-refractivity contribution < 1.29 is 13.6 Å². The molecule has 1 unspecified atom stereocenters. The standard InChI is InChI=1S/C6H12N2O3S2/c9-8-6(12)7-3-5-1-2-13(10,11)4-5/h5,9H,1-4H2,(H2,7,8,12). The number of rotatable bonds is 2. The van der Waals surface area contributed by atoms with Crippen LogP contribution in [0.4, 0.5) is 0 Å². The molecule has 1 fully saturated rings. The molecular weight excluding hydrogens is 212 g/mol. The van der Waals surface area contributed by atoms with E-state index in [2.05, 4.69) is 17.5 Å². The average molecular weight is 224 g/mol. The predicted octanol–water partition coefficient (Wildman–Crippen LogP) is -0.726. The molecule has 0 radical (unpaired) electrons. The lowest BCUT2D eigenvalue weighted by molar-refractivity contribution is 0.232. The van der Waals surface area contributed by atoms with Gasteiger partial charge in [0.05, 0.1) is 11.5 Å². The van der Waals surface area contributed by atoms with Crippen LogP contribution in [0.1, 0.15) is 6.42 Å². The number of sulfone groups is 1. The summed E-state index contributed by atoms with van der Waals surface area (Å²) in [4.78, 5) is 0. The van der Waals surface area contributed by atoms with Crippen LogP contribution >= 0.6 is 12.2 Å². The fourth-order valence-electron chi connectivity index (χ4n) is 1.31. The van der Waals surface area contributed by atoms with Gasteiger partial charge < -0.3 is 5.32 Å². The molecule has 0 saturated carbocycles. The Morgan fingerprint density at radius 2 is 2.31 bits per heavy atom. The summed E-state index contributed by atoms with van der Waals surface area (Å²) < 4.78 is 22.1. The largest absolute Gasteiger partial charge is 0.361 e. The molecule has 13 heavy (non-hydrogen) atoms. The van der Waals surface area contributed by atoms with E-state index in [1.165, 1.54) is 0 Å². The highest BCUT2D eigenvalue weighted by Gasteiger charge is 2.27. The van der Waals surface area contributed by atoms with Crippen LogP contribution in [0.2, 0.25) is 0 Å². The Bertz CT molecular complexity index is 288. The average Bonchev–Trinajstić information content (AvgIpc) is 2.41. The van der Waals surface area contributed by atoms with Crippen molar-refractivity contribution in [3.63, 3.8) is 0 Å². The Balaban J connectivity index is 2.29. The van der Waals surface area contributed by atoms with Gasteiger partial charge in [0.25, 0.3) is 0 Å². The van der Waals surface area contributed by atoms with Gasteiger partial charge in [-0.15, -0.1) is 0 Å². The van der Waals surface area contributed by atoms with Crippen molar-refractivity contribution in [1.82, 2.24) is 10.8 Å². The molecule has 7 heteroatoms. The summed E-state index contributed by atoms with van der Waals surface area (Å²) in [5, 5.41) is 11.2. The molecular formula is C6H12N2O3S2. The van der Waals surface area contributed by atoms with E-state index in [9.17, 15) is 8.42 Å². The lowest BCUT2D eigenvalue weighted by Crippen LogP contribution is -2.36. The van der Waals surface area contributed by atoms with Crippen molar-refractivity contribution in [2.24, 2.45) is 5.92 Å². The van der Waals surface area contributed by atoms with Crippen LogP contribution in [0.15, 0.2) is 0 Å². The van der Waals surface area contributed by atoms with E-state index in [4.69, 9.17) is 5.21 Å². The number of nitrogens with one attached hydrogen (secondary N) is 2. The molecule has 1 atom stereocenters. The minimum atomic E-state index is -2.82. The van der Waals surface area contributed by atoms with Crippen molar-refractivity contribution >= 4 is 27.2 Å². The molecule has 3 N–H and O–H groups in total. The van der Waals surface area contributed by atoms with Gasteiger partial charge in [0.1, 0.15) is 0 Å². The van der Waals surface area contributed by atoms with Crippen molar-refractivity contribution in [3.8, 4) is 0 Å². The summed E-state index contributed by atoms with van der Waals surface area (Å²) in [5.41, 5.74) is 1.78. The van der Waals surface area contributed by atoms with Gasteiger partial charge in [-0.3, -0.25) is 5.21 Å². The minimum absolute atomic E-state index is 0.108. The van der Waals surface area contributed by atoms with Crippen LogP contribution in [0.5, 0.6) is 0 Å². The molecule has 5 nitrogen and oxygen atoms in total. The molecule has 0 amide bonds. The molecule has 0 aromatic carbocycles. The number of hydrogen-bond donors (Lipinski definition) is 3. The summed E-state index contributed by atoms with van der Waals surface area (Å²) >= 11 is 4.63. The predicted molar refractivity (Wildman–Crippen MR) is 52.3 cm³/mol. The highest BCUT2D eigenvalue weighted by Crippen LogP contribution is 2.17. The van der Waals surface area contributed by atoms with Crippen LogP contribution < -0.4 is 10.8 Å². The van der Waals surface area contributed by atoms with Crippen molar-refractivity contribution in [3.05, 3.63) is 0 Å². The molecule has 1 saturated heterocycles. The van der Waals surface area contributed by atoms with Crippen molar-refractivity contribution in [1.29, 1.82) is 0 Å². The zero-order chi connectivity index (χ0) is 9.90. The Hall–Kier alpha value is -0.400. The summed E-state index contributed by atoms with van der Waals surface area (Å²) in [6, 6.07) is 0. The summed E-state index contributed by atoms with van der Waals surface area (Å²) in [6.07, 6.45) is 0.670. The monoisotopic (exact) mass is 224 g/mol. The molecule has 1 heterocycles. The molecule has 0 bridgehead atoms. The minimum Gasteiger partial charge on any atom is -0.361 e. The van der Waals surface area contributed by atoms with Gasteiger partial charge in [0, 0.05) is 6.54 Å². The number of thiocarbonyl (C=S) groups is 1. The molecule has 0 spiro atoms. The van der Waals surface area contributed by atoms with Gasteiger partial charge >= 0.3 is 0 Å². The van der Waals surface area contributed by atoms with Crippen LogP contribution in [0.3, 0.4) is 0 Å². The fraction of sp³-hybridized carbons (Fsp3) is 0.833. The van der Waals surface area contributed by atoms with E-state index in [-0.39, 0.29) is 22.5 Å². The summed E-state index contributed by atoms with van der Waals surface area (Å²) in [6.45, 7) is 0.492. The summed E-state index contributed by atoms with van der Waals surface area (Å²) in [5.74, 6) is 0.587. The second-order valence-electron chi connectivity index (χ2n) is 3.09. The fourth-order valence-corrected chi connectivity index (χ4v) is 3.25. The number of hydrogen-bond acceptors (Lipinski definition) is 4. The van der Waals surface area contributed by atoms with Gasteiger partial charge in [0.15, 0.2) is 14.9 Å². The van der Waals surface area contributed by atoms with Crippen LogP contribution in [-0.2, 0) is 9.84 Å². The Kier molecular flexibility index (Phi) is 3.46. The van der Waals surface area contributed by atoms with Gasteiger partial charge in [-0.1, -0.05) is 0 Å². The van der Waals surface area contributed by atoms with E-state index in [0.29, 0.717) is 13.0 Å². The third-order valence-electron chi connectivity index (χ3n) is 1.98. The SMILES string of the molecule is O=S1(=O)CCC(CNC(=S)NO)C1.